The highest BCUT2D eigenvalue weighted by molar-refractivity contribution is 5.91. The normalized spacial score (nSPS) is 17.9. The average Bonchev–Trinajstić information content (AvgIpc) is 3.08. The van der Waals surface area contributed by atoms with Gasteiger partial charge in [0.1, 0.15) is 11.7 Å². The van der Waals surface area contributed by atoms with Crippen LogP contribution in [0.2, 0.25) is 0 Å². The molecule has 1 aliphatic rings. The Morgan fingerprint density at radius 2 is 1.93 bits per heavy atom. The van der Waals surface area contributed by atoms with Gasteiger partial charge in [-0.05, 0) is 36.8 Å². The molecule has 0 aliphatic carbocycles. The molecule has 0 saturated heterocycles. The van der Waals surface area contributed by atoms with E-state index in [0.29, 0.717) is 17.2 Å². The zero-order valence-corrected chi connectivity index (χ0v) is 15.0. The van der Waals surface area contributed by atoms with Gasteiger partial charge < -0.3 is 9.47 Å². The molecule has 7 heteroatoms. The number of nitrogens with one attached hydrogen (secondary N) is 2. The van der Waals surface area contributed by atoms with E-state index in [2.05, 4.69) is 16.3 Å². The Bertz CT molecular complexity index is 1080. The number of ether oxygens (including phenoxy) is 2. The lowest BCUT2D eigenvalue weighted by atomic mass is 9.79. The molecule has 3 aromatic rings. The molecule has 2 unspecified atom stereocenters. The number of aryl methyl sites for hydroxylation is 1. The van der Waals surface area contributed by atoms with Crippen molar-refractivity contribution < 1.29 is 14.3 Å². The van der Waals surface area contributed by atoms with Gasteiger partial charge in [-0.15, -0.1) is 5.10 Å². The summed E-state index contributed by atoms with van der Waals surface area (Å²) in [6, 6.07) is 17.8. The summed E-state index contributed by atoms with van der Waals surface area (Å²) >= 11 is 0. The van der Waals surface area contributed by atoms with Crippen molar-refractivity contribution in [3.05, 3.63) is 77.0 Å². The van der Waals surface area contributed by atoms with Gasteiger partial charge in [-0.2, -0.15) is 5.26 Å². The highest BCUT2D eigenvalue weighted by Gasteiger charge is 2.39. The Morgan fingerprint density at radius 3 is 2.61 bits per heavy atom. The lowest BCUT2D eigenvalue weighted by Gasteiger charge is -2.27. The number of H-pyrrole nitrogens is 1. The molecule has 138 valence electrons. The van der Waals surface area contributed by atoms with Gasteiger partial charge >= 0.3 is 5.97 Å². The Morgan fingerprint density at radius 1 is 1.21 bits per heavy atom. The first-order valence-corrected chi connectivity index (χ1v) is 8.66. The predicted octanol–water partition coefficient (Wildman–Crippen LogP) is 3.58. The van der Waals surface area contributed by atoms with E-state index >= 15 is 0 Å². The predicted molar refractivity (Wildman–Crippen MR) is 100 cm³/mol. The molecule has 1 aliphatic heterocycles. The maximum absolute atomic E-state index is 12.2. The average molecular weight is 372 g/mol. The van der Waals surface area contributed by atoms with Crippen molar-refractivity contribution in [3.8, 4) is 17.7 Å². The number of carbonyl (C=O) groups is 1. The van der Waals surface area contributed by atoms with Gasteiger partial charge in [0.05, 0.1) is 11.6 Å². The maximum Gasteiger partial charge on any atom is 0.343 e. The van der Waals surface area contributed by atoms with Crippen LogP contribution in [0.15, 0.2) is 54.6 Å². The van der Waals surface area contributed by atoms with Crippen LogP contribution in [0.25, 0.3) is 0 Å². The molecule has 0 amide bonds. The fraction of sp³-hybridized carbons (Fsp3) is 0.143. The SMILES string of the molecule is Cc1[nH]nc2c1C(c1ccc(OC(=O)c3ccccc3)cc1)C(C#N)C(=N)O2. The van der Waals surface area contributed by atoms with Gasteiger partial charge in [0, 0.05) is 17.2 Å². The molecular formula is C21H16N4O3. The molecule has 0 bridgehead atoms. The monoisotopic (exact) mass is 372 g/mol. The van der Waals surface area contributed by atoms with Crippen LogP contribution in [0.5, 0.6) is 11.6 Å². The van der Waals surface area contributed by atoms with Crippen LogP contribution >= 0.6 is 0 Å². The minimum atomic E-state index is -0.762. The smallest absolute Gasteiger partial charge is 0.343 e. The maximum atomic E-state index is 12.2. The van der Waals surface area contributed by atoms with E-state index in [4.69, 9.17) is 14.9 Å². The number of carbonyl (C=O) groups excluding carboxylic acids is 1. The van der Waals surface area contributed by atoms with E-state index in [1.807, 2.05) is 13.0 Å². The van der Waals surface area contributed by atoms with Crippen molar-refractivity contribution >= 4 is 11.9 Å². The topological polar surface area (TPSA) is 112 Å². The van der Waals surface area contributed by atoms with Gasteiger partial charge in [0.25, 0.3) is 0 Å². The second kappa shape index (κ2) is 7.00. The third kappa shape index (κ3) is 3.01. The standard InChI is InChI=1S/C21H16N4O3/c1-12-17-18(16(11-22)19(23)28-20(17)25-24-12)13-7-9-15(10-8-13)27-21(26)14-5-3-2-4-6-14/h2-10,16,18,23H,1H3,(H,24,25). The second-order valence-corrected chi connectivity index (χ2v) is 6.44. The number of aromatic nitrogens is 2. The van der Waals surface area contributed by atoms with Gasteiger partial charge in [0.15, 0.2) is 0 Å². The van der Waals surface area contributed by atoms with Crippen LogP contribution in [-0.2, 0) is 0 Å². The number of nitriles is 1. The minimum Gasteiger partial charge on any atom is -0.423 e. The summed E-state index contributed by atoms with van der Waals surface area (Å²) in [4.78, 5) is 12.2. The van der Waals surface area contributed by atoms with Gasteiger partial charge in [0.2, 0.25) is 11.8 Å². The van der Waals surface area contributed by atoms with E-state index in [0.717, 1.165) is 16.8 Å². The molecular weight excluding hydrogens is 356 g/mol. The van der Waals surface area contributed by atoms with E-state index in [1.54, 1.807) is 48.5 Å². The molecule has 2 atom stereocenters. The van der Waals surface area contributed by atoms with E-state index in [-0.39, 0.29) is 11.8 Å². The summed E-state index contributed by atoms with van der Waals surface area (Å²) < 4.78 is 10.8. The summed E-state index contributed by atoms with van der Waals surface area (Å²) in [5, 5.41) is 24.5. The first kappa shape index (κ1) is 17.5. The van der Waals surface area contributed by atoms with E-state index in [1.165, 1.54) is 0 Å². The molecule has 2 heterocycles. The number of nitrogens with zero attached hydrogens (tertiary/aromatic N) is 2. The lowest BCUT2D eigenvalue weighted by Crippen LogP contribution is -2.30. The molecule has 2 aromatic carbocycles. The molecule has 7 nitrogen and oxygen atoms in total. The number of aromatic amines is 1. The molecule has 2 N–H and O–H groups in total. The Kier molecular flexibility index (Phi) is 4.38. The third-order valence-electron chi connectivity index (χ3n) is 4.69. The van der Waals surface area contributed by atoms with Crippen LogP contribution in [0.4, 0.5) is 0 Å². The summed E-state index contributed by atoms with van der Waals surface area (Å²) in [6.45, 7) is 1.85. The number of hydrogen-bond donors (Lipinski definition) is 2. The number of esters is 1. The lowest BCUT2D eigenvalue weighted by molar-refractivity contribution is 0.0734. The first-order valence-electron chi connectivity index (χ1n) is 8.66. The first-order chi connectivity index (χ1) is 13.6. The Hall–Kier alpha value is -3.92. The fourth-order valence-electron chi connectivity index (χ4n) is 3.32. The van der Waals surface area contributed by atoms with Crippen molar-refractivity contribution in [3.63, 3.8) is 0 Å². The molecule has 0 radical (unpaired) electrons. The second-order valence-electron chi connectivity index (χ2n) is 6.44. The summed E-state index contributed by atoms with van der Waals surface area (Å²) in [6.07, 6.45) is 0. The zero-order valence-electron chi connectivity index (χ0n) is 15.0. The van der Waals surface area contributed by atoms with Gasteiger partial charge in [-0.25, -0.2) is 4.79 Å². The minimum absolute atomic E-state index is 0.133. The molecule has 0 fully saturated rings. The van der Waals surface area contributed by atoms with Crippen LogP contribution in [0, 0.1) is 29.6 Å². The van der Waals surface area contributed by atoms with Crippen LogP contribution in [-0.4, -0.2) is 22.1 Å². The Balaban J connectivity index is 1.63. The number of hydrogen-bond acceptors (Lipinski definition) is 6. The quantitative estimate of drug-likeness (QED) is 0.539. The van der Waals surface area contributed by atoms with Crippen molar-refractivity contribution in [2.24, 2.45) is 5.92 Å². The van der Waals surface area contributed by atoms with E-state index < -0.39 is 11.9 Å². The summed E-state index contributed by atoms with van der Waals surface area (Å²) in [5.41, 5.74) is 2.82. The van der Waals surface area contributed by atoms with Crippen LogP contribution in [0.1, 0.15) is 33.1 Å². The largest absolute Gasteiger partial charge is 0.423 e. The number of fused-ring (bicyclic) bond motifs is 1. The van der Waals surface area contributed by atoms with Crippen molar-refractivity contribution in [2.45, 2.75) is 12.8 Å². The highest BCUT2D eigenvalue weighted by Crippen LogP contribution is 2.42. The molecule has 4 rings (SSSR count). The van der Waals surface area contributed by atoms with Crippen LogP contribution in [0.3, 0.4) is 0 Å². The van der Waals surface area contributed by atoms with Gasteiger partial charge in [-0.1, -0.05) is 30.3 Å². The summed E-state index contributed by atoms with van der Waals surface area (Å²) in [7, 11) is 0. The van der Waals surface area contributed by atoms with Crippen molar-refractivity contribution in [1.29, 1.82) is 10.7 Å². The summed E-state index contributed by atoms with van der Waals surface area (Å²) in [5.74, 6) is -1.01. The number of benzene rings is 2. The highest BCUT2D eigenvalue weighted by atomic mass is 16.5. The zero-order chi connectivity index (χ0) is 19.7. The molecule has 0 spiro atoms. The Labute approximate surface area is 161 Å². The van der Waals surface area contributed by atoms with Crippen molar-refractivity contribution in [2.75, 3.05) is 0 Å². The van der Waals surface area contributed by atoms with Gasteiger partial charge in [-0.3, -0.25) is 10.5 Å². The van der Waals surface area contributed by atoms with Crippen LogP contribution < -0.4 is 9.47 Å². The molecule has 28 heavy (non-hydrogen) atoms. The molecule has 0 saturated carbocycles. The number of rotatable bonds is 3. The van der Waals surface area contributed by atoms with Crippen molar-refractivity contribution in [1.82, 2.24) is 10.2 Å². The fourth-order valence-corrected chi connectivity index (χ4v) is 3.32. The molecule has 1 aromatic heterocycles. The third-order valence-corrected chi connectivity index (χ3v) is 4.69. The van der Waals surface area contributed by atoms with E-state index in [9.17, 15) is 10.1 Å².